The maximum absolute atomic E-state index is 12.0. The van der Waals surface area contributed by atoms with E-state index in [9.17, 15) is 19.7 Å². The Balaban J connectivity index is 2.54. The van der Waals surface area contributed by atoms with E-state index < -0.39 is 23.0 Å². The van der Waals surface area contributed by atoms with E-state index in [4.69, 9.17) is 16.3 Å². The molecular formula is C13H12ClN3O5. The lowest BCUT2D eigenvalue weighted by molar-refractivity contribution is -0.384. The van der Waals surface area contributed by atoms with Crippen molar-refractivity contribution in [1.29, 1.82) is 0 Å². The summed E-state index contributed by atoms with van der Waals surface area (Å²) in [5.41, 5.74) is 0.542. The number of carbonyl (C=O) groups excluding carboxylic acids is 2. The summed E-state index contributed by atoms with van der Waals surface area (Å²) in [4.78, 5) is 34.0. The molecule has 0 saturated heterocycles. The van der Waals surface area contributed by atoms with Crippen molar-refractivity contribution < 1.29 is 19.2 Å². The molecule has 22 heavy (non-hydrogen) atoms. The number of non-ortho nitro benzene ring substituents is 1. The number of benzene rings is 1. The summed E-state index contributed by atoms with van der Waals surface area (Å²) < 4.78 is 4.71. The van der Waals surface area contributed by atoms with Crippen LogP contribution in [0.1, 0.15) is 11.6 Å². The molecule has 1 aliphatic heterocycles. The number of rotatable bonds is 4. The quantitative estimate of drug-likeness (QED) is 0.378. The standard InChI is InChI=1S/C13H12ClN3O5/c1-22-12(18)10-9(6-14)15-13(19)16-11(10)7-3-2-4-8(5-7)17(20)21/h2-5,11H,6H2,1H3,(H2,15,16,19). The molecule has 0 radical (unpaired) electrons. The average Bonchev–Trinajstić information content (AvgIpc) is 2.53. The normalized spacial score (nSPS) is 17.5. The van der Waals surface area contributed by atoms with Crippen LogP contribution in [0.3, 0.4) is 0 Å². The van der Waals surface area contributed by atoms with Crippen LogP contribution in [0.15, 0.2) is 35.5 Å². The third-order valence-electron chi connectivity index (χ3n) is 3.11. The fourth-order valence-corrected chi connectivity index (χ4v) is 2.35. The van der Waals surface area contributed by atoms with E-state index in [-0.39, 0.29) is 22.8 Å². The molecule has 0 spiro atoms. The molecular weight excluding hydrogens is 314 g/mol. The van der Waals surface area contributed by atoms with Crippen molar-refractivity contribution in [2.45, 2.75) is 6.04 Å². The van der Waals surface area contributed by atoms with Crippen molar-refractivity contribution in [1.82, 2.24) is 10.6 Å². The van der Waals surface area contributed by atoms with Gasteiger partial charge in [-0.05, 0) is 5.56 Å². The Hall–Kier alpha value is -2.61. The summed E-state index contributed by atoms with van der Waals surface area (Å²) in [6.45, 7) is 0. The van der Waals surface area contributed by atoms with Gasteiger partial charge in [-0.1, -0.05) is 12.1 Å². The number of nitro benzene ring substituents is 1. The van der Waals surface area contributed by atoms with Crippen LogP contribution in [0.5, 0.6) is 0 Å². The highest BCUT2D eigenvalue weighted by Crippen LogP contribution is 2.29. The van der Waals surface area contributed by atoms with Gasteiger partial charge in [-0.2, -0.15) is 0 Å². The molecule has 1 unspecified atom stereocenters. The molecule has 1 heterocycles. The number of ether oxygens (including phenoxy) is 1. The van der Waals surface area contributed by atoms with Crippen LogP contribution in [-0.2, 0) is 9.53 Å². The number of hydrogen-bond acceptors (Lipinski definition) is 5. The van der Waals surface area contributed by atoms with E-state index in [0.29, 0.717) is 5.56 Å². The number of alkyl halides is 1. The van der Waals surface area contributed by atoms with Gasteiger partial charge in [0.25, 0.3) is 5.69 Å². The van der Waals surface area contributed by atoms with Gasteiger partial charge in [0.05, 0.1) is 29.5 Å². The number of esters is 1. The van der Waals surface area contributed by atoms with Gasteiger partial charge in [-0.3, -0.25) is 10.1 Å². The first kappa shape index (κ1) is 15.8. The molecule has 2 rings (SSSR count). The predicted molar refractivity (Wildman–Crippen MR) is 77.3 cm³/mol. The largest absolute Gasteiger partial charge is 0.466 e. The van der Waals surface area contributed by atoms with Gasteiger partial charge < -0.3 is 15.4 Å². The Kier molecular flexibility index (Phi) is 4.62. The zero-order chi connectivity index (χ0) is 16.3. The average molecular weight is 326 g/mol. The number of allylic oxidation sites excluding steroid dienone is 1. The number of carbonyl (C=O) groups is 2. The van der Waals surface area contributed by atoms with Gasteiger partial charge in [0.2, 0.25) is 0 Å². The summed E-state index contributed by atoms with van der Waals surface area (Å²) >= 11 is 5.76. The molecule has 1 aromatic rings. The number of halogens is 1. The molecule has 0 aromatic heterocycles. The number of nitro groups is 1. The maximum atomic E-state index is 12.0. The van der Waals surface area contributed by atoms with Gasteiger partial charge >= 0.3 is 12.0 Å². The van der Waals surface area contributed by atoms with E-state index in [1.807, 2.05) is 0 Å². The van der Waals surface area contributed by atoms with Gasteiger partial charge in [0, 0.05) is 17.8 Å². The minimum Gasteiger partial charge on any atom is -0.466 e. The van der Waals surface area contributed by atoms with Crippen molar-refractivity contribution in [2.24, 2.45) is 0 Å². The van der Waals surface area contributed by atoms with E-state index in [1.165, 1.54) is 25.3 Å². The zero-order valence-electron chi connectivity index (χ0n) is 11.5. The molecule has 0 aliphatic carbocycles. The molecule has 116 valence electrons. The minimum absolute atomic E-state index is 0.108. The lowest BCUT2D eigenvalue weighted by Gasteiger charge is -2.28. The highest BCUT2D eigenvalue weighted by Gasteiger charge is 2.33. The minimum atomic E-state index is -0.880. The molecule has 1 aromatic carbocycles. The monoisotopic (exact) mass is 325 g/mol. The molecule has 1 atom stereocenters. The van der Waals surface area contributed by atoms with Gasteiger partial charge in [-0.15, -0.1) is 11.6 Å². The van der Waals surface area contributed by atoms with Gasteiger partial charge in [-0.25, -0.2) is 9.59 Å². The molecule has 0 bridgehead atoms. The van der Waals surface area contributed by atoms with Gasteiger partial charge in [0.15, 0.2) is 0 Å². The summed E-state index contributed by atoms with van der Waals surface area (Å²) in [7, 11) is 1.20. The first-order chi connectivity index (χ1) is 10.5. The van der Waals surface area contributed by atoms with Crippen molar-refractivity contribution in [3.8, 4) is 0 Å². The second kappa shape index (κ2) is 6.44. The summed E-state index contributed by atoms with van der Waals surface area (Å²) in [5, 5.41) is 15.8. The predicted octanol–water partition coefficient (Wildman–Crippen LogP) is 1.61. The zero-order valence-corrected chi connectivity index (χ0v) is 12.2. The Bertz CT molecular complexity index is 673. The van der Waals surface area contributed by atoms with Crippen LogP contribution in [0, 0.1) is 10.1 Å². The molecule has 8 nitrogen and oxygen atoms in total. The highest BCUT2D eigenvalue weighted by atomic mass is 35.5. The van der Waals surface area contributed by atoms with Crippen LogP contribution >= 0.6 is 11.6 Å². The molecule has 2 N–H and O–H groups in total. The SMILES string of the molecule is COC(=O)C1=C(CCl)NC(=O)NC1c1cccc([N+](=O)[O-])c1. The molecule has 0 fully saturated rings. The first-order valence-corrected chi connectivity index (χ1v) is 6.70. The maximum Gasteiger partial charge on any atom is 0.338 e. The summed E-state index contributed by atoms with van der Waals surface area (Å²) in [5.74, 6) is -0.789. The van der Waals surface area contributed by atoms with Crippen LogP contribution in [-0.4, -0.2) is 29.9 Å². The van der Waals surface area contributed by atoms with Crippen LogP contribution < -0.4 is 10.6 Å². The topological polar surface area (TPSA) is 111 Å². The summed E-state index contributed by atoms with van der Waals surface area (Å²) in [6, 6.07) is 4.20. The van der Waals surface area contributed by atoms with Crippen LogP contribution in [0.25, 0.3) is 0 Å². The van der Waals surface area contributed by atoms with Crippen LogP contribution in [0.2, 0.25) is 0 Å². The second-order valence-electron chi connectivity index (χ2n) is 4.40. The molecule has 2 amide bonds. The Morgan fingerprint density at radius 2 is 2.23 bits per heavy atom. The van der Waals surface area contributed by atoms with Crippen molar-refractivity contribution >= 4 is 29.3 Å². The third kappa shape index (κ3) is 3.01. The second-order valence-corrected chi connectivity index (χ2v) is 4.67. The number of methoxy groups -OCH3 is 1. The summed E-state index contributed by atoms with van der Waals surface area (Å²) in [6.07, 6.45) is 0. The van der Waals surface area contributed by atoms with Crippen LogP contribution in [0.4, 0.5) is 10.5 Å². The lowest BCUT2D eigenvalue weighted by Crippen LogP contribution is -2.46. The highest BCUT2D eigenvalue weighted by molar-refractivity contribution is 6.20. The number of amides is 2. The Morgan fingerprint density at radius 1 is 1.50 bits per heavy atom. The van der Waals surface area contributed by atoms with E-state index in [1.54, 1.807) is 6.07 Å². The number of nitrogens with zero attached hydrogens (tertiary/aromatic N) is 1. The van der Waals surface area contributed by atoms with E-state index >= 15 is 0 Å². The van der Waals surface area contributed by atoms with Crippen molar-refractivity contribution in [3.05, 3.63) is 51.2 Å². The number of nitrogens with one attached hydrogen (secondary N) is 2. The Morgan fingerprint density at radius 3 is 2.82 bits per heavy atom. The van der Waals surface area contributed by atoms with Gasteiger partial charge in [0.1, 0.15) is 0 Å². The fraction of sp³-hybridized carbons (Fsp3) is 0.231. The Labute approximate surface area is 130 Å². The molecule has 9 heteroatoms. The smallest absolute Gasteiger partial charge is 0.338 e. The number of urea groups is 1. The molecule has 0 saturated carbocycles. The number of hydrogen-bond donors (Lipinski definition) is 2. The molecule has 1 aliphatic rings. The van der Waals surface area contributed by atoms with E-state index in [0.717, 1.165) is 0 Å². The van der Waals surface area contributed by atoms with E-state index in [2.05, 4.69) is 10.6 Å². The lowest BCUT2D eigenvalue weighted by atomic mass is 9.95. The third-order valence-corrected chi connectivity index (χ3v) is 3.37. The van der Waals surface area contributed by atoms with Crippen molar-refractivity contribution in [2.75, 3.05) is 13.0 Å². The fourth-order valence-electron chi connectivity index (χ4n) is 2.14. The van der Waals surface area contributed by atoms with Crippen molar-refractivity contribution in [3.63, 3.8) is 0 Å². The first-order valence-electron chi connectivity index (χ1n) is 6.17.